The lowest BCUT2D eigenvalue weighted by atomic mass is 9.93. The molecule has 11 heteroatoms. The number of nitrogens with zero attached hydrogens (tertiary/aromatic N) is 3. The van der Waals surface area contributed by atoms with Crippen LogP contribution in [0.15, 0.2) is 88.2 Å². The molecular weight excluding hydrogens is 525 g/mol. The monoisotopic (exact) mass is 545 g/mol. The number of nitro benzene ring substituents is 1. The fraction of sp³-hybridized carbons (Fsp3) is 0.107. The van der Waals surface area contributed by atoms with Gasteiger partial charge >= 0.3 is 11.7 Å². The number of thiazole rings is 1. The van der Waals surface area contributed by atoms with E-state index < -0.39 is 39.7 Å². The molecule has 1 aliphatic heterocycles. The number of ether oxygens (including phenoxy) is 1. The van der Waals surface area contributed by atoms with Crippen molar-refractivity contribution in [2.24, 2.45) is 4.99 Å². The van der Waals surface area contributed by atoms with E-state index in [-0.39, 0.29) is 21.5 Å². The Kier molecular flexibility index (Phi) is 6.90. The highest BCUT2D eigenvalue weighted by molar-refractivity contribution is 7.07. The third-order valence-corrected chi connectivity index (χ3v) is 7.04. The van der Waals surface area contributed by atoms with Gasteiger partial charge in [0.25, 0.3) is 5.56 Å². The Hall–Kier alpha value is -4.90. The van der Waals surface area contributed by atoms with Gasteiger partial charge in [-0.05, 0) is 42.3 Å². The quantitative estimate of drug-likeness (QED) is 0.224. The van der Waals surface area contributed by atoms with Crippen molar-refractivity contribution in [2.45, 2.75) is 13.0 Å². The molecule has 1 atom stereocenters. The summed E-state index contributed by atoms with van der Waals surface area (Å²) in [6.45, 7) is 1.75. The molecule has 0 amide bonds. The van der Waals surface area contributed by atoms with Crippen LogP contribution in [0.3, 0.4) is 0 Å². The smallest absolute Gasteiger partial charge is 0.338 e. The van der Waals surface area contributed by atoms with Gasteiger partial charge in [-0.1, -0.05) is 59.9 Å². The number of carbonyl (C=O) groups excluding carboxylic acids is 1. The standard InChI is InChI=1S/C28H20FN3O6S/c1-2-38-27(35)23-24(17-6-4-3-5-7-17)30-28-31(25(23)18-9-11-19(29)12-10-18)26(34)22(39-28)15-16-8-13-21(33)20(14-16)32(36)37/h3-15,25,33H,2H2,1H3/b22-15-/t25-/m0/s1. The van der Waals surface area contributed by atoms with Crippen LogP contribution in [0.1, 0.15) is 29.7 Å². The summed E-state index contributed by atoms with van der Waals surface area (Å²) in [7, 11) is 0. The summed E-state index contributed by atoms with van der Waals surface area (Å²) in [5.41, 5.74) is 0.839. The molecule has 0 aliphatic carbocycles. The maximum Gasteiger partial charge on any atom is 0.338 e. The molecule has 196 valence electrons. The van der Waals surface area contributed by atoms with E-state index in [0.717, 1.165) is 17.4 Å². The van der Waals surface area contributed by atoms with E-state index in [4.69, 9.17) is 9.73 Å². The Morgan fingerprint density at radius 1 is 1.18 bits per heavy atom. The molecule has 9 nitrogen and oxygen atoms in total. The molecule has 0 spiro atoms. The highest BCUT2D eigenvalue weighted by Crippen LogP contribution is 2.35. The summed E-state index contributed by atoms with van der Waals surface area (Å²) in [4.78, 5) is 42.7. The number of aromatic hydroxyl groups is 1. The number of phenolic OH excluding ortho intramolecular Hbond substituents is 1. The summed E-state index contributed by atoms with van der Waals surface area (Å²) in [5, 5.41) is 21.1. The molecular formula is C28H20FN3O6S. The first-order chi connectivity index (χ1) is 18.8. The molecule has 3 aromatic carbocycles. The fourth-order valence-corrected chi connectivity index (χ4v) is 5.33. The predicted octanol–water partition coefficient (Wildman–Crippen LogP) is 3.69. The first kappa shape index (κ1) is 25.7. The molecule has 39 heavy (non-hydrogen) atoms. The molecule has 0 bridgehead atoms. The molecule has 0 saturated heterocycles. The topological polar surface area (TPSA) is 124 Å². The maximum absolute atomic E-state index is 13.9. The first-order valence-electron chi connectivity index (χ1n) is 11.8. The van der Waals surface area contributed by atoms with Crippen LogP contribution in [-0.2, 0) is 9.53 Å². The largest absolute Gasteiger partial charge is 0.502 e. The Balaban J connectivity index is 1.81. The highest BCUT2D eigenvalue weighted by Gasteiger charge is 2.35. The maximum atomic E-state index is 13.9. The number of hydrogen-bond donors (Lipinski definition) is 1. The number of fused-ring (bicyclic) bond motifs is 1. The number of halogens is 1. The van der Waals surface area contributed by atoms with E-state index in [1.54, 1.807) is 31.2 Å². The fourth-order valence-electron chi connectivity index (χ4n) is 4.33. The van der Waals surface area contributed by atoms with Crippen molar-refractivity contribution in [3.05, 3.63) is 131 Å². The molecule has 0 unspecified atom stereocenters. The van der Waals surface area contributed by atoms with E-state index in [1.165, 1.54) is 47.0 Å². The van der Waals surface area contributed by atoms with Gasteiger partial charge in [-0.2, -0.15) is 0 Å². The van der Waals surface area contributed by atoms with Crippen molar-refractivity contribution in [2.75, 3.05) is 6.61 Å². The van der Waals surface area contributed by atoms with Crippen molar-refractivity contribution in [1.82, 2.24) is 4.57 Å². The van der Waals surface area contributed by atoms with Crippen LogP contribution in [0.4, 0.5) is 10.1 Å². The number of esters is 1. The molecule has 0 fully saturated rings. The number of benzene rings is 3. The first-order valence-corrected chi connectivity index (χ1v) is 12.6. The van der Waals surface area contributed by atoms with E-state index >= 15 is 0 Å². The second kappa shape index (κ2) is 10.5. The minimum absolute atomic E-state index is 0.0879. The number of rotatable bonds is 6. The van der Waals surface area contributed by atoms with Gasteiger partial charge in [0.1, 0.15) is 5.82 Å². The van der Waals surface area contributed by atoms with Gasteiger partial charge in [0, 0.05) is 11.6 Å². The normalized spacial score (nSPS) is 15.0. The van der Waals surface area contributed by atoms with Gasteiger partial charge < -0.3 is 9.84 Å². The number of phenols is 1. The molecule has 1 N–H and O–H groups in total. The second-order valence-corrected chi connectivity index (χ2v) is 9.50. The molecule has 5 rings (SSSR count). The zero-order chi connectivity index (χ0) is 27.7. The number of nitro groups is 1. The van der Waals surface area contributed by atoms with Crippen molar-refractivity contribution in [1.29, 1.82) is 0 Å². The van der Waals surface area contributed by atoms with E-state index in [1.807, 2.05) is 6.07 Å². The SMILES string of the molecule is CCOC(=O)C1=C(c2ccccc2)N=c2s/c(=C\c3ccc(O)c([N+](=O)[O-])c3)c(=O)n2[C@H]1c1ccc(F)cc1. The zero-order valence-corrected chi connectivity index (χ0v) is 21.2. The Morgan fingerprint density at radius 2 is 1.90 bits per heavy atom. The van der Waals surface area contributed by atoms with Gasteiger partial charge in [-0.3, -0.25) is 19.5 Å². The lowest BCUT2D eigenvalue weighted by Crippen LogP contribution is -2.40. The van der Waals surface area contributed by atoms with Crippen LogP contribution in [0, 0.1) is 15.9 Å². The number of aromatic nitrogens is 1. The zero-order valence-electron chi connectivity index (χ0n) is 20.4. The molecule has 4 aromatic rings. The minimum Gasteiger partial charge on any atom is -0.502 e. The van der Waals surface area contributed by atoms with Crippen LogP contribution in [-0.4, -0.2) is 27.2 Å². The molecule has 0 radical (unpaired) electrons. The second-order valence-electron chi connectivity index (χ2n) is 8.49. The van der Waals surface area contributed by atoms with Crippen molar-refractivity contribution >= 4 is 34.8 Å². The average molecular weight is 546 g/mol. The van der Waals surface area contributed by atoms with Gasteiger partial charge in [-0.15, -0.1) is 0 Å². The Morgan fingerprint density at radius 3 is 2.56 bits per heavy atom. The Labute approximate surface area is 224 Å². The van der Waals surface area contributed by atoms with Crippen LogP contribution in [0.5, 0.6) is 5.75 Å². The molecule has 1 aliphatic rings. The summed E-state index contributed by atoms with van der Waals surface area (Å²) < 4.78 is 20.8. The average Bonchev–Trinajstić information content (AvgIpc) is 3.24. The van der Waals surface area contributed by atoms with E-state index in [2.05, 4.69) is 0 Å². The van der Waals surface area contributed by atoms with Gasteiger partial charge in [0.05, 0.1) is 33.4 Å². The van der Waals surface area contributed by atoms with Crippen LogP contribution in [0.2, 0.25) is 0 Å². The summed E-state index contributed by atoms with van der Waals surface area (Å²) >= 11 is 1.04. The third kappa shape index (κ3) is 4.87. The summed E-state index contributed by atoms with van der Waals surface area (Å²) in [6, 6.07) is 17.2. The van der Waals surface area contributed by atoms with E-state index in [9.17, 15) is 29.2 Å². The summed E-state index contributed by atoms with van der Waals surface area (Å²) in [5.74, 6) is -1.65. The molecule has 1 aromatic heterocycles. The third-order valence-electron chi connectivity index (χ3n) is 6.05. The van der Waals surface area contributed by atoms with Crippen molar-refractivity contribution in [3.63, 3.8) is 0 Å². The van der Waals surface area contributed by atoms with Crippen LogP contribution >= 0.6 is 11.3 Å². The highest BCUT2D eigenvalue weighted by atomic mass is 32.1. The van der Waals surface area contributed by atoms with Crippen LogP contribution in [0.25, 0.3) is 11.8 Å². The predicted molar refractivity (Wildman–Crippen MR) is 142 cm³/mol. The van der Waals surface area contributed by atoms with Gasteiger partial charge in [0.2, 0.25) is 0 Å². The van der Waals surface area contributed by atoms with Crippen molar-refractivity contribution in [3.8, 4) is 5.75 Å². The van der Waals surface area contributed by atoms with Gasteiger partial charge in [0.15, 0.2) is 10.6 Å². The summed E-state index contributed by atoms with van der Waals surface area (Å²) in [6.07, 6.45) is 1.45. The molecule has 2 heterocycles. The molecule has 0 saturated carbocycles. The number of hydrogen-bond acceptors (Lipinski definition) is 8. The van der Waals surface area contributed by atoms with Crippen LogP contribution < -0.4 is 14.9 Å². The minimum atomic E-state index is -0.979. The lowest BCUT2D eigenvalue weighted by molar-refractivity contribution is -0.385. The van der Waals surface area contributed by atoms with E-state index in [0.29, 0.717) is 22.4 Å². The number of carbonyl (C=O) groups is 1. The Bertz CT molecular complexity index is 1810. The van der Waals surface area contributed by atoms with Crippen molar-refractivity contribution < 1.29 is 24.0 Å². The van der Waals surface area contributed by atoms with Gasteiger partial charge in [-0.25, -0.2) is 14.2 Å². The lowest BCUT2D eigenvalue weighted by Gasteiger charge is -2.25.